The largest absolute Gasteiger partial charge is 0.381 e. The molecule has 0 aliphatic heterocycles. The van der Waals surface area contributed by atoms with Crippen LogP contribution in [0.2, 0.25) is 0 Å². The lowest BCUT2D eigenvalue weighted by atomic mass is 10.2. The summed E-state index contributed by atoms with van der Waals surface area (Å²) in [5.41, 5.74) is 0.245. The first kappa shape index (κ1) is 17.1. The molecule has 0 saturated heterocycles. The summed E-state index contributed by atoms with van der Waals surface area (Å²) in [7, 11) is 1.67. The predicted octanol–water partition coefficient (Wildman–Crippen LogP) is 2.21. The summed E-state index contributed by atoms with van der Waals surface area (Å²) in [4.78, 5) is 18.8. The number of nitro groups is 1. The minimum absolute atomic E-state index is 0.0860. The molecular formula is C13H23N5O3. The highest BCUT2D eigenvalue weighted by molar-refractivity contribution is 5.60. The van der Waals surface area contributed by atoms with Crippen LogP contribution in [-0.2, 0) is 4.74 Å². The van der Waals surface area contributed by atoms with Gasteiger partial charge in [0.1, 0.15) is 5.69 Å². The molecule has 1 rings (SSSR count). The van der Waals surface area contributed by atoms with Crippen LogP contribution < -0.4 is 10.6 Å². The van der Waals surface area contributed by atoms with Gasteiger partial charge in [0.15, 0.2) is 0 Å². The minimum atomic E-state index is -0.466. The number of anilines is 2. The molecule has 1 aromatic rings. The van der Waals surface area contributed by atoms with E-state index in [2.05, 4.69) is 34.4 Å². The molecule has 1 aromatic heterocycles. The summed E-state index contributed by atoms with van der Waals surface area (Å²) in [5, 5.41) is 16.9. The molecule has 0 amide bonds. The summed E-state index contributed by atoms with van der Waals surface area (Å²) in [6.45, 7) is 7.66. The lowest BCUT2D eigenvalue weighted by molar-refractivity contribution is -0.385. The van der Waals surface area contributed by atoms with Gasteiger partial charge in [-0.25, -0.2) is 4.98 Å². The van der Waals surface area contributed by atoms with Gasteiger partial charge in [0, 0.05) is 26.8 Å². The molecular weight excluding hydrogens is 274 g/mol. The van der Waals surface area contributed by atoms with Crippen LogP contribution in [-0.4, -0.2) is 41.7 Å². The van der Waals surface area contributed by atoms with Crippen molar-refractivity contribution in [1.82, 2.24) is 9.97 Å². The van der Waals surface area contributed by atoms with Crippen LogP contribution in [0.5, 0.6) is 0 Å². The SMILES string of the molecule is CNc1nc(C)c([N+](=O)[O-])c(NCCCOCC(C)C)n1. The molecule has 0 fully saturated rings. The van der Waals surface area contributed by atoms with Gasteiger partial charge >= 0.3 is 5.69 Å². The van der Waals surface area contributed by atoms with Gasteiger partial charge in [-0.1, -0.05) is 13.8 Å². The van der Waals surface area contributed by atoms with Crippen LogP contribution in [0.15, 0.2) is 0 Å². The third-order valence-corrected chi connectivity index (χ3v) is 2.67. The van der Waals surface area contributed by atoms with E-state index >= 15 is 0 Å². The number of rotatable bonds is 9. The van der Waals surface area contributed by atoms with Crippen molar-refractivity contribution >= 4 is 17.5 Å². The lowest BCUT2D eigenvalue weighted by Gasteiger charge is -2.10. The van der Waals surface area contributed by atoms with Crippen molar-refractivity contribution in [2.75, 3.05) is 37.4 Å². The maximum absolute atomic E-state index is 11.1. The Morgan fingerprint density at radius 3 is 2.67 bits per heavy atom. The third kappa shape index (κ3) is 5.50. The van der Waals surface area contributed by atoms with Gasteiger partial charge < -0.3 is 15.4 Å². The molecule has 2 N–H and O–H groups in total. The van der Waals surface area contributed by atoms with E-state index in [4.69, 9.17) is 4.74 Å². The number of ether oxygens (including phenoxy) is 1. The van der Waals surface area contributed by atoms with Crippen LogP contribution in [0.4, 0.5) is 17.5 Å². The zero-order valence-electron chi connectivity index (χ0n) is 13.0. The molecule has 0 spiro atoms. The van der Waals surface area contributed by atoms with E-state index in [1.807, 2.05) is 0 Å². The fourth-order valence-corrected chi connectivity index (χ4v) is 1.72. The number of nitrogens with one attached hydrogen (secondary N) is 2. The molecule has 0 aromatic carbocycles. The van der Waals surface area contributed by atoms with E-state index in [0.717, 1.165) is 13.0 Å². The Kier molecular flexibility index (Phi) is 6.80. The van der Waals surface area contributed by atoms with E-state index in [-0.39, 0.29) is 11.5 Å². The van der Waals surface area contributed by atoms with E-state index in [9.17, 15) is 10.1 Å². The third-order valence-electron chi connectivity index (χ3n) is 2.67. The topological polar surface area (TPSA) is 102 Å². The van der Waals surface area contributed by atoms with Crippen molar-refractivity contribution in [2.45, 2.75) is 27.2 Å². The van der Waals surface area contributed by atoms with Crippen LogP contribution in [0.25, 0.3) is 0 Å². The number of aromatic nitrogens is 2. The molecule has 0 atom stereocenters. The second-order valence-corrected chi connectivity index (χ2v) is 5.09. The molecule has 1 heterocycles. The molecule has 8 nitrogen and oxygen atoms in total. The molecule has 118 valence electrons. The summed E-state index contributed by atoms with van der Waals surface area (Å²) >= 11 is 0. The van der Waals surface area contributed by atoms with Crippen LogP contribution in [0.3, 0.4) is 0 Å². The quantitative estimate of drug-likeness (QED) is 0.409. The van der Waals surface area contributed by atoms with Gasteiger partial charge in [-0.3, -0.25) is 10.1 Å². The number of hydrogen-bond acceptors (Lipinski definition) is 7. The van der Waals surface area contributed by atoms with E-state index in [1.165, 1.54) is 0 Å². The highest BCUT2D eigenvalue weighted by Gasteiger charge is 2.21. The number of nitrogens with zero attached hydrogens (tertiary/aromatic N) is 3. The average Bonchev–Trinajstić information content (AvgIpc) is 2.41. The standard InChI is InChI=1S/C13H23N5O3/c1-9(2)8-21-7-5-6-15-12-11(18(19)20)10(3)16-13(14-4)17-12/h9H,5-8H2,1-4H3,(H2,14,15,16,17). The Hall–Kier alpha value is -1.96. The Balaban J connectivity index is 2.60. The molecule has 0 aliphatic carbocycles. The molecule has 0 unspecified atom stereocenters. The van der Waals surface area contributed by atoms with Crippen LogP contribution >= 0.6 is 0 Å². The fourth-order valence-electron chi connectivity index (χ4n) is 1.72. The summed E-state index contributed by atoms with van der Waals surface area (Å²) in [6, 6.07) is 0. The molecule has 0 radical (unpaired) electrons. The van der Waals surface area contributed by atoms with Crippen molar-refractivity contribution in [2.24, 2.45) is 5.92 Å². The van der Waals surface area contributed by atoms with Crippen LogP contribution in [0.1, 0.15) is 26.0 Å². The Morgan fingerprint density at radius 2 is 2.10 bits per heavy atom. The van der Waals surface area contributed by atoms with Gasteiger partial charge in [-0.05, 0) is 19.3 Å². The summed E-state index contributed by atoms with van der Waals surface area (Å²) in [5.74, 6) is 1.10. The second kappa shape index (κ2) is 8.35. The molecule has 8 heteroatoms. The first-order valence-electron chi connectivity index (χ1n) is 6.98. The lowest BCUT2D eigenvalue weighted by Crippen LogP contribution is -2.12. The first-order valence-corrected chi connectivity index (χ1v) is 6.98. The first-order chi connectivity index (χ1) is 9.95. The second-order valence-electron chi connectivity index (χ2n) is 5.09. The van der Waals surface area contributed by atoms with Crippen LogP contribution in [0, 0.1) is 23.0 Å². The van der Waals surface area contributed by atoms with Crippen molar-refractivity contribution in [3.63, 3.8) is 0 Å². The van der Waals surface area contributed by atoms with Gasteiger partial charge in [0.25, 0.3) is 0 Å². The van der Waals surface area contributed by atoms with E-state index < -0.39 is 4.92 Å². The smallest absolute Gasteiger partial charge is 0.332 e. The fraction of sp³-hybridized carbons (Fsp3) is 0.692. The highest BCUT2D eigenvalue weighted by Crippen LogP contribution is 2.26. The molecule has 0 bridgehead atoms. The zero-order chi connectivity index (χ0) is 15.8. The average molecular weight is 297 g/mol. The maximum atomic E-state index is 11.1. The molecule has 0 aliphatic rings. The van der Waals surface area contributed by atoms with Crippen molar-refractivity contribution < 1.29 is 9.66 Å². The summed E-state index contributed by atoms with van der Waals surface area (Å²) in [6.07, 6.45) is 0.752. The normalized spacial score (nSPS) is 10.7. The number of aryl methyl sites for hydroxylation is 1. The van der Waals surface area contributed by atoms with Gasteiger partial charge in [0.2, 0.25) is 11.8 Å². The highest BCUT2D eigenvalue weighted by atomic mass is 16.6. The predicted molar refractivity (Wildman–Crippen MR) is 81.7 cm³/mol. The zero-order valence-corrected chi connectivity index (χ0v) is 13.0. The summed E-state index contributed by atoms with van der Waals surface area (Å²) < 4.78 is 5.46. The molecule has 0 saturated carbocycles. The molecule has 21 heavy (non-hydrogen) atoms. The van der Waals surface area contributed by atoms with Gasteiger partial charge in [0.05, 0.1) is 4.92 Å². The van der Waals surface area contributed by atoms with Crippen molar-refractivity contribution in [1.29, 1.82) is 0 Å². The Labute approximate surface area is 124 Å². The Morgan fingerprint density at radius 1 is 1.38 bits per heavy atom. The van der Waals surface area contributed by atoms with Crippen molar-refractivity contribution in [3.8, 4) is 0 Å². The monoisotopic (exact) mass is 297 g/mol. The van der Waals surface area contributed by atoms with Gasteiger partial charge in [-0.2, -0.15) is 4.98 Å². The van der Waals surface area contributed by atoms with Gasteiger partial charge in [-0.15, -0.1) is 0 Å². The van der Waals surface area contributed by atoms with E-state index in [0.29, 0.717) is 30.7 Å². The Bertz CT molecular complexity index is 479. The number of hydrogen-bond donors (Lipinski definition) is 2. The van der Waals surface area contributed by atoms with E-state index in [1.54, 1.807) is 14.0 Å². The van der Waals surface area contributed by atoms with Crippen molar-refractivity contribution in [3.05, 3.63) is 15.8 Å². The maximum Gasteiger partial charge on any atom is 0.332 e. The minimum Gasteiger partial charge on any atom is -0.381 e.